The van der Waals surface area contributed by atoms with E-state index in [2.05, 4.69) is 15.4 Å². The summed E-state index contributed by atoms with van der Waals surface area (Å²) in [6.07, 6.45) is 0. The molecule has 0 aliphatic carbocycles. The van der Waals surface area contributed by atoms with Gasteiger partial charge < -0.3 is 16.4 Å². The number of nitrogens with two attached hydrogens (primary N) is 1. The second-order valence-corrected chi connectivity index (χ2v) is 6.16. The molecule has 0 bridgehead atoms. The van der Waals surface area contributed by atoms with E-state index in [0.29, 0.717) is 11.4 Å². The molecular formula is C14H18N4O2S. The SMILES string of the molecule is CNc1cc(NC)cc(NS(=O)(=O)c2ccc(N)cc2)c1. The Morgan fingerprint density at radius 2 is 1.33 bits per heavy atom. The Hall–Kier alpha value is -2.41. The summed E-state index contributed by atoms with van der Waals surface area (Å²) < 4.78 is 27.2. The minimum atomic E-state index is -3.64. The highest BCUT2D eigenvalue weighted by Crippen LogP contribution is 2.24. The summed E-state index contributed by atoms with van der Waals surface area (Å²) in [4.78, 5) is 0.164. The number of sulfonamides is 1. The highest BCUT2D eigenvalue weighted by atomic mass is 32.2. The first kappa shape index (κ1) is 15.0. The van der Waals surface area contributed by atoms with Crippen molar-refractivity contribution in [2.75, 3.05) is 35.2 Å². The first-order chi connectivity index (χ1) is 9.94. The van der Waals surface area contributed by atoms with Crippen LogP contribution in [0, 0.1) is 0 Å². The molecule has 7 heteroatoms. The third-order valence-electron chi connectivity index (χ3n) is 2.95. The van der Waals surface area contributed by atoms with E-state index in [4.69, 9.17) is 5.73 Å². The smallest absolute Gasteiger partial charge is 0.261 e. The number of nitrogen functional groups attached to an aromatic ring is 1. The molecule has 0 heterocycles. The topological polar surface area (TPSA) is 96.2 Å². The van der Waals surface area contributed by atoms with Gasteiger partial charge in [-0.3, -0.25) is 4.72 Å². The summed E-state index contributed by atoms with van der Waals surface area (Å²) in [6.45, 7) is 0. The van der Waals surface area contributed by atoms with Gasteiger partial charge in [-0.2, -0.15) is 0 Å². The van der Waals surface area contributed by atoms with Crippen LogP contribution in [0.1, 0.15) is 0 Å². The van der Waals surface area contributed by atoms with Gasteiger partial charge in [-0.1, -0.05) is 0 Å². The zero-order valence-corrected chi connectivity index (χ0v) is 12.7. The Morgan fingerprint density at radius 3 is 1.81 bits per heavy atom. The van der Waals surface area contributed by atoms with Gasteiger partial charge in [0.25, 0.3) is 10.0 Å². The van der Waals surface area contributed by atoms with Crippen LogP contribution < -0.4 is 21.1 Å². The molecule has 112 valence electrons. The van der Waals surface area contributed by atoms with Crippen molar-refractivity contribution in [3.8, 4) is 0 Å². The summed E-state index contributed by atoms with van der Waals surface area (Å²) in [7, 11) is -0.0994. The molecule has 0 radical (unpaired) electrons. The fourth-order valence-electron chi connectivity index (χ4n) is 1.84. The van der Waals surface area contributed by atoms with Crippen molar-refractivity contribution < 1.29 is 8.42 Å². The van der Waals surface area contributed by atoms with Gasteiger partial charge in [0, 0.05) is 31.2 Å². The standard InChI is InChI=1S/C14H18N4O2S/c1-16-11-7-12(17-2)9-13(8-11)18-21(19,20)14-5-3-10(15)4-6-14/h3-9,16-18H,15H2,1-2H3. The van der Waals surface area contributed by atoms with Crippen molar-refractivity contribution in [3.05, 3.63) is 42.5 Å². The van der Waals surface area contributed by atoms with Gasteiger partial charge in [-0.15, -0.1) is 0 Å². The quantitative estimate of drug-likeness (QED) is 0.635. The second-order valence-electron chi connectivity index (χ2n) is 4.47. The zero-order chi connectivity index (χ0) is 15.5. The molecule has 0 saturated carbocycles. The van der Waals surface area contributed by atoms with Crippen LogP contribution >= 0.6 is 0 Å². The lowest BCUT2D eigenvalue weighted by Gasteiger charge is -2.12. The molecule has 2 aromatic carbocycles. The second kappa shape index (κ2) is 5.92. The Morgan fingerprint density at radius 1 is 0.857 bits per heavy atom. The van der Waals surface area contributed by atoms with Gasteiger partial charge in [0.2, 0.25) is 0 Å². The molecule has 21 heavy (non-hydrogen) atoms. The Balaban J connectivity index is 2.34. The summed E-state index contributed by atoms with van der Waals surface area (Å²) in [5, 5.41) is 5.97. The van der Waals surface area contributed by atoms with E-state index < -0.39 is 10.0 Å². The van der Waals surface area contributed by atoms with Gasteiger partial charge in [-0.05, 0) is 42.5 Å². The highest BCUT2D eigenvalue weighted by Gasteiger charge is 2.14. The molecule has 0 fully saturated rings. The van der Waals surface area contributed by atoms with E-state index >= 15 is 0 Å². The fourth-order valence-corrected chi connectivity index (χ4v) is 2.88. The first-order valence-corrected chi connectivity index (χ1v) is 7.82. The fraction of sp³-hybridized carbons (Fsp3) is 0.143. The molecular weight excluding hydrogens is 288 g/mol. The zero-order valence-electron chi connectivity index (χ0n) is 11.8. The van der Waals surface area contributed by atoms with Crippen LogP contribution in [-0.2, 0) is 10.0 Å². The summed E-state index contributed by atoms with van der Waals surface area (Å²) >= 11 is 0. The predicted molar refractivity (Wildman–Crippen MR) is 87.2 cm³/mol. The number of nitrogens with one attached hydrogen (secondary N) is 3. The average Bonchev–Trinajstić information content (AvgIpc) is 2.46. The van der Waals surface area contributed by atoms with Gasteiger partial charge >= 0.3 is 0 Å². The third-order valence-corrected chi connectivity index (χ3v) is 4.35. The van der Waals surface area contributed by atoms with Crippen LogP contribution in [0.15, 0.2) is 47.4 Å². The van der Waals surface area contributed by atoms with Crippen LogP contribution in [0.3, 0.4) is 0 Å². The van der Waals surface area contributed by atoms with E-state index in [1.54, 1.807) is 38.4 Å². The van der Waals surface area contributed by atoms with E-state index in [-0.39, 0.29) is 4.90 Å². The summed E-state index contributed by atoms with van der Waals surface area (Å²) in [6, 6.07) is 11.4. The maximum atomic E-state index is 12.3. The van der Waals surface area contributed by atoms with Gasteiger partial charge in [0.15, 0.2) is 0 Å². The molecule has 0 amide bonds. The normalized spacial score (nSPS) is 11.0. The maximum Gasteiger partial charge on any atom is 0.261 e. The monoisotopic (exact) mass is 306 g/mol. The van der Waals surface area contributed by atoms with Crippen molar-refractivity contribution in [2.24, 2.45) is 0 Å². The molecule has 2 rings (SSSR count). The van der Waals surface area contributed by atoms with Crippen molar-refractivity contribution in [2.45, 2.75) is 4.90 Å². The number of hydrogen-bond acceptors (Lipinski definition) is 5. The number of anilines is 4. The molecule has 0 aliphatic heterocycles. The van der Waals surface area contributed by atoms with Crippen LogP contribution in [0.4, 0.5) is 22.7 Å². The summed E-state index contributed by atoms with van der Waals surface area (Å²) in [5.74, 6) is 0. The Bertz CT molecular complexity index is 705. The van der Waals surface area contributed by atoms with E-state index in [0.717, 1.165) is 11.4 Å². The van der Waals surface area contributed by atoms with E-state index in [1.807, 2.05) is 6.07 Å². The van der Waals surface area contributed by atoms with Gasteiger partial charge in [0.1, 0.15) is 0 Å². The molecule has 0 atom stereocenters. The summed E-state index contributed by atoms with van der Waals surface area (Å²) in [5.41, 5.74) is 8.16. The van der Waals surface area contributed by atoms with Crippen LogP contribution in [-0.4, -0.2) is 22.5 Å². The predicted octanol–water partition coefficient (Wildman–Crippen LogP) is 2.15. The van der Waals surface area contributed by atoms with E-state index in [1.165, 1.54) is 12.1 Å². The molecule has 6 nitrogen and oxygen atoms in total. The van der Waals surface area contributed by atoms with Crippen molar-refractivity contribution in [1.29, 1.82) is 0 Å². The lowest BCUT2D eigenvalue weighted by atomic mass is 10.2. The molecule has 0 saturated heterocycles. The molecule has 5 N–H and O–H groups in total. The molecule has 0 aromatic heterocycles. The Kier molecular flexibility index (Phi) is 4.23. The van der Waals surface area contributed by atoms with Crippen LogP contribution in [0.2, 0.25) is 0 Å². The first-order valence-electron chi connectivity index (χ1n) is 6.33. The number of hydrogen-bond donors (Lipinski definition) is 4. The lowest BCUT2D eigenvalue weighted by Crippen LogP contribution is -2.13. The largest absolute Gasteiger partial charge is 0.399 e. The van der Waals surface area contributed by atoms with Crippen molar-refractivity contribution in [3.63, 3.8) is 0 Å². The van der Waals surface area contributed by atoms with Crippen LogP contribution in [0.25, 0.3) is 0 Å². The van der Waals surface area contributed by atoms with Crippen molar-refractivity contribution in [1.82, 2.24) is 0 Å². The number of benzene rings is 2. The van der Waals surface area contributed by atoms with Crippen molar-refractivity contribution >= 4 is 32.8 Å². The molecule has 0 spiro atoms. The minimum absolute atomic E-state index is 0.164. The average molecular weight is 306 g/mol. The van der Waals surface area contributed by atoms with E-state index in [9.17, 15) is 8.42 Å². The molecule has 0 aliphatic rings. The maximum absolute atomic E-state index is 12.3. The Labute approximate surface area is 124 Å². The lowest BCUT2D eigenvalue weighted by molar-refractivity contribution is 0.601. The third kappa shape index (κ3) is 3.57. The van der Waals surface area contributed by atoms with Crippen LogP contribution in [0.5, 0.6) is 0 Å². The highest BCUT2D eigenvalue weighted by molar-refractivity contribution is 7.92. The van der Waals surface area contributed by atoms with Gasteiger partial charge in [0.05, 0.1) is 10.6 Å². The van der Waals surface area contributed by atoms with Gasteiger partial charge in [-0.25, -0.2) is 8.42 Å². The number of rotatable bonds is 5. The molecule has 0 unspecified atom stereocenters. The minimum Gasteiger partial charge on any atom is -0.399 e. The molecule has 2 aromatic rings.